The molecule has 0 saturated carbocycles. The zero-order valence-electron chi connectivity index (χ0n) is 12.7. The first-order valence-corrected chi connectivity index (χ1v) is 8.82. The third-order valence-electron chi connectivity index (χ3n) is 5.94. The summed E-state index contributed by atoms with van der Waals surface area (Å²) in [6, 6.07) is 0. The fourth-order valence-electron chi connectivity index (χ4n) is 4.85. The van der Waals surface area contributed by atoms with Crippen molar-refractivity contribution in [3.63, 3.8) is 0 Å². The second kappa shape index (κ2) is 5.53. The Kier molecular flexibility index (Phi) is 3.74. The van der Waals surface area contributed by atoms with Crippen molar-refractivity contribution in [3.8, 4) is 0 Å². The number of fused-ring (bicyclic) bond motifs is 3. The van der Waals surface area contributed by atoms with Gasteiger partial charge in [-0.25, -0.2) is 0 Å². The minimum Gasteiger partial charge on any atom is -0.304 e. The lowest BCUT2D eigenvalue weighted by atomic mass is 9.66. The third-order valence-corrected chi connectivity index (χ3v) is 6.35. The summed E-state index contributed by atoms with van der Waals surface area (Å²) in [6.07, 6.45) is 7.26. The predicted molar refractivity (Wildman–Crippen MR) is 93.2 cm³/mol. The number of ketones is 1. The Morgan fingerprint density at radius 1 is 1.17 bits per heavy atom. The largest absolute Gasteiger partial charge is 0.304 e. The normalized spacial score (nSPS) is 37.4. The molecular formula is C16H20BrClN4O. The molecule has 1 aliphatic carbocycles. The molecular weight excluding hydrogens is 380 g/mol. The SMILES string of the molecule is Cl.O=C1C2=CN(Br)C=C3NNC(=C32)C[C@@H]1C1CN2CCC1CC2. The number of hydrazine groups is 1. The lowest BCUT2D eigenvalue weighted by Gasteiger charge is -2.48. The molecule has 0 spiro atoms. The summed E-state index contributed by atoms with van der Waals surface area (Å²) in [5.74, 6) is 1.71. The Labute approximate surface area is 150 Å². The van der Waals surface area contributed by atoms with Gasteiger partial charge in [-0.05, 0) is 37.8 Å². The summed E-state index contributed by atoms with van der Waals surface area (Å²) < 4.78 is 1.80. The van der Waals surface area contributed by atoms with E-state index in [9.17, 15) is 4.79 Å². The molecule has 7 heteroatoms. The quantitative estimate of drug-likeness (QED) is 0.661. The first-order chi connectivity index (χ1) is 10.7. The Morgan fingerprint density at radius 2 is 1.96 bits per heavy atom. The van der Waals surface area contributed by atoms with Crippen LogP contribution in [0.5, 0.6) is 0 Å². The van der Waals surface area contributed by atoms with Gasteiger partial charge in [0, 0.05) is 48.1 Å². The van der Waals surface area contributed by atoms with E-state index in [2.05, 4.69) is 31.9 Å². The second-order valence-electron chi connectivity index (χ2n) is 7.01. The number of nitrogens with zero attached hydrogens (tertiary/aromatic N) is 2. The molecule has 5 nitrogen and oxygen atoms in total. The molecule has 2 atom stereocenters. The summed E-state index contributed by atoms with van der Waals surface area (Å²) in [6.45, 7) is 3.55. The Morgan fingerprint density at radius 3 is 2.65 bits per heavy atom. The molecule has 0 aromatic rings. The monoisotopic (exact) mass is 398 g/mol. The Hall–Kier alpha value is -0.980. The van der Waals surface area contributed by atoms with Gasteiger partial charge in [-0.1, -0.05) is 0 Å². The number of carbonyl (C=O) groups is 1. The van der Waals surface area contributed by atoms with Crippen LogP contribution in [0.25, 0.3) is 0 Å². The van der Waals surface area contributed by atoms with E-state index in [0.717, 1.165) is 35.7 Å². The van der Waals surface area contributed by atoms with Crippen LogP contribution in [0.3, 0.4) is 0 Å². The van der Waals surface area contributed by atoms with Gasteiger partial charge in [0.25, 0.3) is 0 Å². The van der Waals surface area contributed by atoms with Crippen LogP contribution < -0.4 is 10.9 Å². The molecule has 1 unspecified atom stereocenters. The maximum atomic E-state index is 13.1. The molecule has 5 aliphatic heterocycles. The maximum absolute atomic E-state index is 13.1. The van der Waals surface area contributed by atoms with Crippen molar-refractivity contribution in [2.24, 2.45) is 17.8 Å². The lowest BCUT2D eigenvalue weighted by molar-refractivity contribution is -0.124. The molecule has 0 amide bonds. The molecule has 124 valence electrons. The summed E-state index contributed by atoms with van der Waals surface area (Å²) >= 11 is 3.46. The Bertz CT molecular complexity index is 650. The van der Waals surface area contributed by atoms with Crippen LogP contribution in [0.2, 0.25) is 0 Å². The topological polar surface area (TPSA) is 47.6 Å². The molecule has 3 saturated heterocycles. The van der Waals surface area contributed by atoms with Crippen molar-refractivity contribution in [1.29, 1.82) is 0 Å². The standard InChI is InChI=1S/C16H19BrN4O.ClH/c17-21-7-12-15-13(18-19-14(15)8-21)5-10(16(12)22)11-6-20-3-1-9(11)2-4-20;/h7-11,18-19H,1-6H2;1H/t10-,11?;/m1./s1. The van der Waals surface area contributed by atoms with E-state index in [4.69, 9.17) is 0 Å². The average molecular weight is 400 g/mol. The van der Waals surface area contributed by atoms with Crippen molar-refractivity contribution >= 4 is 34.3 Å². The summed E-state index contributed by atoms with van der Waals surface area (Å²) in [5, 5.41) is 0. The van der Waals surface area contributed by atoms with Crippen molar-refractivity contribution in [3.05, 3.63) is 34.9 Å². The first-order valence-electron chi connectivity index (χ1n) is 8.11. The highest BCUT2D eigenvalue weighted by atomic mass is 79.9. The lowest BCUT2D eigenvalue weighted by Crippen LogP contribution is -2.52. The highest BCUT2D eigenvalue weighted by Gasteiger charge is 2.46. The van der Waals surface area contributed by atoms with Crippen LogP contribution in [0.4, 0.5) is 0 Å². The fraction of sp³-hybridized carbons (Fsp3) is 0.562. The van der Waals surface area contributed by atoms with E-state index < -0.39 is 0 Å². The van der Waals surface area contributed by atoms with Crippen molar-refractivity contribution in [2.75, 3.05) is 19.6 Å². The number of nitrogens with one attached hydrogen (secondary N) is 2. The number of hydrogen-bond acceptors (Lipinski definition) is 5. The average Bonchev–Trinajstić information content (AvgIpc) is 2.95. The van der Waals surface area contributed by atoms with Crippen molar-refractivity contribution < 1.29 is 4.79 Å². The number of hydrogen-bond donors (Lipinski definition) is 2. The molecule has 2 N–H and O–H groups in total. The molecule has 5 heterocycles. The number of piperidine rings is 3. The molecule has 0 radical (unpaired) electrons. The molecule has 3 fully saturated rings. The van der Waals surface area contributed by atoms with Gasteiger partial charge < -0.3 is 10.3 Å². The predicted octanol–water partition coefficient (Wildman–Crippen LogP) is 2.05. The van der Waals surface area contributed by atoms with Gasteiger partial charge in [-0.15, -0.1) is 12.4 Å². The van der Waals surface area contributed by atoms with Gasteiger partial charge in [0.05, 0.1) is 21.8 Å². The molecule has 23 heavy (non-hydrogen) atoms. The molecule has 0 aromatic heterocycles. The molecule has 6 rings (SSSR count). The van der Waals surface area contributed by atoms with Crippen LogP contribution in [0.15, 0.2) is 34.9 Å². The van der Waals surface area contributed by atoms with E-state index in [1.807, 2.05) is 12.4 Å². The number of rotatable bonds is 1. The van der Waals surface area contributed by atoms with Gasteiger partial charge in [0.2, 0.25) is 0 Å². The van der Waals surface area contributed by atoms with E-state index in [1.54, 1.807) is 3.93 Å². The van der Waals surface area contributed by atoms with Gasteiger partial charge in [0.1, 0.15) is 0 Å². The van der Waals surface area contributed by atoms with Gasteiger partial charge in [0.15, 0.2) is 5.78 Å². The van der Waals surface area contributed by atoms with Gasteiger partial charge in [-0.2, -0.15) is 0 Å². The second-order valence-corrected chi connectivity index (χ2v) is 7.83. The fourth-order valence-corrected chi connectivity index (χ4v) is 5.26. The smallest absolute Gasteiger partial charge is 0.168 e. The number of allylic oxidation sites excluding steroid dienone is 2. The van der Waals surface area contributed by atoms with E-state index in [0.29, 0.717) is 11.7 Å². The maximum Gasteiger partial charge on any atom is 0.168 e. The van der Waals surface area contributed by atoms with E-state index in [1.165, 1.54) is 31.6 Å². The van der Waals surface area contributed by atoms with Crippen LogP contribution >= 0.6 is 28.6 Å². The third kappa shape index (κ3) is 2.26. The highest BCUT2D eigenvalue weighted by molar-refractivity contribution is 9.07. The zero-order valence-corrected chi connectivity index (χ0v) is 15.1. The summed E-state index contributed by atoms with van der Waals surface area (Å²) in [4.78, 5) is 15.7. The van der Waals surface area contributed by atoms with Crippen LogP contribution in [-0.4, -0.2) is 34.2 Å². The van der Waals surface area contributed by atoms with Crippen LogP contribution in [0.1, 0.15) is 19.3 Å². The Balaban J connectivity index is 0.00000135. The van der Waals surface area contributed by atoms with Crippen LogP contribution in [0, 0.1) is 17.8 Å². The summed E-state index contributed by atoms with van der Waals surface area (Å²) in [5.41, 5.74) is 10.6. The molecule has 6 aliphatic rings. The minimum absolute atomic E-state index is 0. The van der Waals surface area contributed by atoms with Crippen LogP contribution in [-0.2, 0) is 4.79 Å². The highest BCUT2D eigenvalue weighted by Crippen LogP contribution is 2.46. The van der Waals surface area contributed by atoms with E-state index >= 15 is 0 Å². The minimum atomic E-state index is 0. The first kappa shape index (κ1) is 15.5. The number of halogens is 2. The molecule has 0 aromatic carbocycles. The summed E-state index contributed by atoms with van der Waals surface area (Å²) in [7, 11) is 0. The van der Waals surface area contributed by atoms with E-state index in [-0.39, 0.29) is 18.3 Å². The van der Waals surface area contributed by atoms with Gasteiger partial charge >= 0.3 is 0 Å². The number of Topliss-reactive ketones (excluding diaryl/α,β-unsaturated/α-hetero) is 1. The molecule has 2 bridgehead atoms. The zero-order chi connectivity index (χ0) is 14.8. The van der Waals surface area contributed by atoms with Crippen molar-refractivity contribution in [1.82, 2.24) is 19.7 Å². The van der Waals surface area contributed by atoms with Crippen molar-refractivity contribution in [2.45, 2.75) is 19.3 Å². The van der Waals surface area contributed by atoms with Gasteiger partial charge in [-0.3, -0.25) is 14.1 Å². The number of carbonyl (C=O) groups excluding carboxylic acids is 1.